The molecule has 1 N–H and O–H groups in total. The Morgan fingerprint density at radius 3 is 2.70 bits per heavy atom. The number of nitrogens with zero attached hydrogens (tertiary/aromatic N) is 3. The first-order valence-corrected chi connectivity index (χ1v) is 7.29. The smallest absolute Gasteiger partial charge is 0.270 e. The van der Waals surface area contributed by atoms with E-state index in [1.165, 1.54) is 0 Å². The summed E-state index contributed by atoms with van der Waals surface area (Å²) < 4.78 is 0. The standard InChI is InChI=1S/C15H26N4O/c1-6-7-8-19(5)14-9-13(17-12(4)18-14)15(20)16-10-11(2)3/h9,11H,6-8,10H2,1-5H3,(H,16,20). The van der Waals surface area contributed by atoms with Crippen LogP contribution in [0.3, 0.4) is 0 Å². The third-order valence-electron chi connectivity index (χ3n) is 2.97. The van der Waals surface area contributed by atoms with Crippen LogP contribution in [-0.4, -0.2) is 36.0 Å². The van der Waals surface area contributed by atoms with Crippen molar-refractivity contribution in [1.82, 2.24) is 15.3 Å². The number of amides is 1. The van der Waals surface area contributed by atoms with Gasteiger partial charge in [-0.05, 0) is 19.3 Å². The third-order valence-corrected chi connectivity index (χ3v) is 2.97. The third kappa shape index (κ3) is 5.15. The fourth-order valence-electron chi connectivity index (χ4n) is 1.76. The van der Waals surface area contributed by atoms with E-state index in [0.717, 1.165) is 25.2 Å². The lowest BCUT2D eigenvalue weighted by molar-refractivity contribution is 0.0943. The molecule has 1 aromatic rings. The Kier molecular flexibility index (Phi) is 6.42. The zero-order valence-corrected chi connectivity index (χ0v) is 13.2. The molecule has 5 heteroatoms. The predicted octanol–water partition coefficient (Wildman–Crippen LogP) is 2.41. The van der Waals surface area contributed by atoms with E-state index in [4.69, 9.17) is 0 Å². The number of aromatic nitrogens is 2. The highest BCUT2D eigenvalue weighted by molar-refractivity contribution is 5.92. The molecule has 0 fully saturated rings. The van der Waals surface area contributed by atoms with Crippen LogP contribution < -0.4 is 10.2 Å². The summed E-state index contributed by atoms with van der Waals surface area (Å²) in [5.74, 6) is 1.73. The lowest BCUT2D eigenvalue weighted by atomic mass is 10.2. The molecular formula is C15H26N4O. The lowest BCUT2D eigenvalue weighted by Crippen LogP contribution is -2.29. The van der Waals surface area contributed by atoms with E-state index in [2.05, 4.69) is 41.0 Å². The molecule has 0 saturated heterocycles. The van der Waals surface area contributed by atoms with E-state index < -0.39 is 0 Å². The minimum atomic E-state index is -0.130. The van der Waals surface area contributed by atoms with E-state index in [9.17, 15) is 4.79 Å². The Hall–Kier alpha value is -1.65. The Morgan fingerprint density at radius 1 is 1.40 bits per heavy atom. The van der Waals surface area contributed by atoms with E-state index in [1.54, 1.807) is 6.07 Å². The maximum atomic E-state index is 12.1. The normalized spacial score (nSPS) is 10.7. The second kappa shape index (κ2) is 7.82. The molecule has 0 spiro atoms. The van der Waals surface area contributed by atoms with Crippen molar-refractivity contribution in [2.45, 2.75) is 40.5 Å². The van der Waals surface area contributed by atoms with Gasteiger partial charge in [-0.2, -0.15) is 0 Å². The number of nitrogens with one attached hydrogen (secondary N) is 1. The summed E-state index contributed by atoms with van der Waals surface area (Å²) in [6.07, 6.45) is 2.24. The molecule has 0 saturated carbocycles. The van der Waals surface area contributed by atoms with Gasteiger partial charge in [-0.15, -0.1) is 0 Å². The molecule has 1 amide bonds. The SMILES string of the molecule is CCCCN(C)c1cc(C(=O)NCC(C)C)nc(C)n1. The number of rotatable bonds is 7. The fraction of sp³-hybridized carbons (Fsp3) is 0.667. The Morgan fingerprint density at radius 2 is 2.10 bits per heavy atom. The zero-order valence-electron chi connectivity index (χ0n) is 13.2. The summed E-state index contributed by atoms with van der Waals surface area (Å²) in [5.41, 5.74) is 0.441. The molecule has 20 heavy (non-hydrogen) atoms. The second-order valence-electron chi connectivity index (χ2n) is 5.54. The molecule has 0 aliphatic carbocycles. The van der Waals surface area contributed by atoms with Crippen molar-refractivity contribution >= 4 is 11.7 Å². The van der Waals surface area contributed by atoms with Crippen molar-refractivity contribution in [3.8, 4) is 0 Å². The van der Waals surface area contributed by atoms with Crippen molar-refractivity contribution in [2.75, 3.05) is 25.0 Å². The van der Waals surface area contributed by atoms with Crippen LogP contribution in [-0.2, 0) is 0 Å². The van der Waals surface area contributed by atoms with Gasteiger partial charge < -0.3 is 10.2 Å². The molecule has 0 bridgehead atoms. The molecule has 1 aromatic heterocycles. The number of carbonyl (C=O) groups excluding carboxylic acids is 1. The number of carbonyl (C=O) groups is 1. The summed E-state index contributed by atoms with van der Waals surface area (Å²) in [5, 5.41) is 2.89. The zero-order chi connectivity index (χ0) is 15.1. The number of hydrogen-bond acceptors (Lipinski definition) is 4. The Balaban J connectivity index is 2.82. The van der Waals surface area contributed by atoms with Gasteiger partial charge in [0.1, 0.15) is 17.3 Å². The fourth-order valence-corrected chi connectivity index (χ4v) is 1.76. The lowest BCUT2D eigenvalue weighted by Gasteiger charge is -2.18. The van der Waals surface area contributed by atoms with E-state index in [-0.39, 0.29) is 5.91 Å². The maximum Gasteiger partial charge on any atom is 0.270 e. The first-order chi connectivity index (χ1) is 9.43. The molecule has 0 atom stereocenters. The van der Waals surface area contributed by atoms with Gasteiger partial charge in [0.15, 0.2) is 0 Å². The topological polar surface area (TPSA) is 58.1 Å². The van der Waals surface area contributed by atoms with Crippen LogP contribution in [0.15, 0.2) is 6.07 Å². The van der Waals surface area contributed by atoms with Gasteiger partial charge in [0.2, 0.25) is 0 Å². The van der Waals surface area contributed by atoms with Gasteiger partial charge in [-0.25, -0.2) is 9.97 Å². The van der Waals surface area contributed by atoms with Crippen LogP contribution in [0.2, 0.25) is 0 Å². The number of aryl methyl sites for hydroxylation is 1. The summed E-state index contributed by atoms with van der Waals surface area (Å²) in [4.78, 5) is 22.8. The van der Waals surface area contributed by atoms with Gasteiger partial charge >= 0.3 is 0 Å². The van der Waals surface area contributed by atoms with Crippen molar-refractivity contribution in [2.24, 2.45) is 5.92 Å². The first kappa shape index (κ1) is 16.4. The number of unbranched alkanes of at least 4 members (excludes halogenated alkanes) is 1. The van der Waals surface area contributed by atoms with Gasteiger partial charge in [-0.3, -0.25) is 4.79 Å². The van der Waals surface area contributed by atoms with Gasteiger partial charge in [-0.1, -0.05) is 27.2 Å². The average molecular weight is 278 g/mol. The summed E-state index contributed by atoms with van der Waals surface area (Å²) in [6, 6.07) is 1.76. The molecule has 1 rings (SSSR count). The van der Waals surface area contributed by atoms with E-state index in [0.29, 0.717) is 24.0 Å². The Labute approximate surface area is 121 Å². The van der Waals surface area contributed by atoms with E-state index >= 15 is 0 Å². The van der Waals surface area contributed by atoms with Crippen LogP contribution in [0.5, 0.6) is 0 Å². The van der Waals surface area contributed by atoms with Crippen LogP contribution in [0.1, 0.15) is 49.9 Å². The minimum absolute atomic E-state index is 0.130. The van der Waals surface area contributed by atoms with Crippen molar-refractivity contribution < 1.29 is 4.79 Å². The van der Waals surface area contributed by atoms with Crippen molar-refractivity contribution in [1.29, 1.82) is 0 Å². The largest absolute Gasteiger partial charge is 0.360 e. The van der Waals surface area contributed by atoms with Crippen LogP contribution in [0, 0.1) is 12.8 Å². The monoisotopic (exact) mass is 278 g/mol. The molecule has 112 valence electrons. The number of hydrogen-bond donors (Lipinski definition) is 1. The highest BCUT2D eigenvalue weighted by Gasteiger charge is 2.12. The summed E-state index contributed by atoms with van der Waals surface area (Å²) in [7, 11) is 1.99. The highest BCUT2D eigenvalue weighted by atomic mass is 16.1. The second-order valence-corrected chi connectivity index (χ2v) is 5.54. The van der Waals surface area contributed by atoms with Crippen molar-refractivity contribution in [3.05, 3.63) is 17.6 Å². The van der Waals surface area contributed by atoms with Crippen molar-refractivity contribution in [3.63, 3.8) is 0 Å². The molecule has 0 radical (unpaired) electrons. The summed E-state index contributed by atoms with van der Waals surface area (Å²) >= 11 is 0. The van der Waals surface area contributed by atoms with E-state index in [1.807, 2.05) is 14.0 Å². The van der Waals surface area contributed by atoms with Gasteiger partial charge in [0, 0.05) is 26.2 Å². The Bertz CT molecular complexity index is 445. The molecular weight excluding hydrogens is 252 g/mol. The molecule has 0 aliphatic rings. The van der Waals surface area contributed by atoms with Crippen LogP contribution >= 0.6 is 0 Å². The molecule has 0 aliphatic heterocycles. The average Bonchev–Trinajstić information content (AvgIpc) is 2.41. The quantitative estimate of drug-likeness (QED) is 0.832. The number of anilines is 1. The maximum absolute atomic E-state index is 12.1. The molecule has 0 aromatic carbocycles. The molecule has 5 nitrogen and oxygen atoms in total. The van der Waals surface area contributed by atoms with Gasteiger partial charge in [0.05, 0.1) is 0 Å². The molecule has 1 heterocycles. The molecule has 0 unspecified atom stereocenters. The first-order valence-electron chi connectivity index (χ1n) is 7.29. The predicted molar refractivity (Wildman–Crippen MR) is 82.1 cm³/mol. The van der Waals surface area contributed by atoms with Crippen LogP contribution in [0.25, 0.3) is 0 Å². The minimum Gasteiger partial charge on any atom is -0.360 e. The van der Waals surface area contributed by atoms with Gasteiger partial charge in [0.25, 0.3) is 5.91 Å². The van der Waals surface area contributed by atoms with Crippen LogP contribution in [0.4, 0.5) is 5.82 Å². The highest BCUT2D eigenvalue weighted by Crippen LogP contribution is 2.12. The summed E-state index contributed by atoms with van der Waals surface area (Å²) in [6.45, 7) is 9.69.